The van der Waals surface area contributed by atoms with E-state index in [2.05, 4.69) is 5.32 Å². The molecule has 1 aromatic rings. The van der Waals surface area contributed by atoms with Crippen LogP contribution in [0.4, 0.5) is 10.1 Å². The Morgan fingerprint density at radius 1 is 1.53 bits per heavy atom. The van der Waals surface area contributed by atoms with Crippen molar-refractivity contribution in [2.24, 2.45) is 0 Å². The minimum Gasteiger partial charge on any atom is -0.386 e. The van der Waals surface area contributed by atoms with Crippen molar-refractivity contribution in [1.82, 2.24) is 0 Å². The third kappa shape index (κ3) is 2.03. The van der Waals surface area contributed by atoms with Gasteiger partial charge in [-0.3, -0.25) is 4.79 Å². The summed E-state index contributed by atoms with van der Waals surface area (Å²) >= 11 is 0. The average molecular weight is 265 g/mol. The highest BCUT2D eigenvalue weighted by Gasteiger charge is 2.32. The first-order chi connectivity index (χ1) is 9.08. The van der Waals surface area contributed by atoms with Crippen LogP contribution in [0.5, 0.6) is 0 Å². The van der Waals surface area contributed by atoms with Gasteiger partial charge in [0.2, 0.25) is 5.91 Å². The second kappa shape index (κ2) is 4.58. The molecule has 2 heterocycles. The SMILES string of the molecule is CC1C(=O)Nc2c(F)cc(C(O)C3CCCO3)cc21. The summed E-state index contributed by atoms with van der Waals surface area (Å²) in [7, 11) is 0. The number of aliphatic hydroxyl groups is 1. The lowest BCUT2D eigenvalue weighted by molar-refractivity contribution is -0.116. The number of rotatable bonds is 2. The van der Waals surface area contributed by atoms with Gasteiger partial charge in [0.05, 0.1) is 17.7 Å². The summed E-state index contributed by atoms with van der Waals surface area (Å²) < 4.78 is 19.4. The maximum absolute atomic E-state index is 14.0. The quantitative estimate of drug-likeness (QED) is 0.861. The number of halogens is 1. The molecule has 2 N–H and O–H groups in total. The predicted molar refractivity (Wildman–Crippen MR) is 67.4 cm³/mol. The minimum atomic E-state index is -0.842. The summed E-state index contributed by atoms with van der Waals surface area (Å²) in [5, 5.41) is 12.8. The molecular formula is C14H16FNO3. The number of nitrogens with one attached hydrogen (secondary N) is 1. The highest BCUT2D eigenvalue weighted by molar-refractivity contribution is 6.02. The van der Waals surface area contributed by atoms with Gasteiger partial charge in [-0.2, -0.15) is 0 Å². The molecule has 102 valence electrons. The molecule has 0 aromatic heterocycles. The normalized spacial score (nSPS) is 27.2. The number of aliphatic hydroxyl groups excluding tert-OH is 1. The Hall–Kier alpha value is -1.46. The van der Waals surface area contributed by atoms with Gasteiger partial charge in [0, 0.05) is 6.61 Å². The Kier molecular flexibility index (Phi) is 3.03. The van der Waals surface area contributed by atoms with E-state index in [0.29, 0.717) is 17.7 Å². The smallest absolute Gasteiger partial charge is 0.231 e. The number of ether oxygens (including phenoxy) is 1. The van der Waals surface area contributed by atoms with Gasteiger partial charge in [0.25, 0.3) is 0 Å². The molecule has 1 fully saturated rings. The molecule has 0 radical (unpaired) electrons. The summed E-state index contributed by atoms with van der Waals surface area (Å²) in [6.45, 7) is 2.36. The summed E-state index contributed by atoms with van der Waals surface area (Å²) in [6.07, 6.45) is 0.557. The topological polar surface area (TPSA) is 58.6 Å². The number of hydrogen-bond acceptors (Lipinski definition) is 3. The van der Waals surface area contributed by atoms with Crippen molar-refractivity contribution in [3.63, 3.8) is 0 Å². The first-order valence-corrected chi connectivity index (χ1v) is 6.52. The lowest BCUT2D eigenvalue weighted by Crippen LogP contribution is -2.17. The van der Waals surface area contributed by atoms with Crippen LogP contribution in [0.15, 0.2) is 12.1 Å². The molecule has 0 spiro atoms. The minimum absolute atomic E-state index is 0.211. The third-order valence-electron chi connectivity index (χ3n) is 3.91. The van der Waals surface area contributed by atoms with E-state index in [1.807, 2.05) is 0 Å². The molecule has 19 heavy (non-hydrogen) atoms. The summed E-state index contributed by atoms with van der Waals surface area (Å²) in [4.78, 5) is 11.6. The van der Waals surface area contributed by atoms with E-state index in [1.165, 1.54) is 6.07 Å². The van der Waals surface area contributed by atoms with Crippen LogP contribution < -0.4 is 5.32 Å². The van der Waals surface area contributed by atoms with Gasteiger partial charge >= 0.3 is 0 Å². The van der Waals surface area contributed by atoms with Crippen molar-refractivity contribution in [2.75, 3.05) is 11.9 Å². The first-order valence-electron chi connectivity index (χ1n) is 6.52. The molecule has 2 aliphatic heterocycles. The van der Waals surface area contributed by atoms with Gasteiger partial charge in [0.1, 0.15) is 11.9 Å². The Balaban J connectivity index is 1.96. The van der Waals surface area contributed by atoms with E-state index in [9.17, 15) is 14.3 Å². The molecule has 0 bridgehead atoms. The maximum Gasteiger partial charge on any atom is 0.231 e. The van der Waals surface area contributed by atoms with Crippen LogP contribution in [-0.4, -0.2) is 23.7 Å². The number of carbonyl (C=O) groups is 1. The van der Waals surface area contributed by atoms with E-state index in [0.717, 1.165) is 12.8 Å². The highest BCUT2D eigenvalue weighted by Crippen LogP contribution is 2.38. The summed E-state index contributed by atoms with van der Waals surface area (Å²) in [5.41, 5.74) is 1.32. The molecular weight excluding hydrogens is 249 g/mol. The van der Waals surface area contributed by atoms with E-state index >= 15 is 0 Å². The zero-order valence-corrected chi connectivity index (χ0v) is 10.6. The number of anilines is 1. The number of carbonyl (C=O) groups excluding carboxylic acids is 1. The van der Waals surface area contributed by atoms with Crippen molar-refractivity contribution in [1.29, 1.82) is 0 Å². The maximum atomic E-state index is 14.0. The zero-order chi connectivity index (χ0) is 13.6. The third-order valence-corrected chi connectivity index (χ3v) is 3.91. The van der Waals surface area contributed by atoms with E-state index in [-0.39, 0.29) is 23.6 Å². The fourth-order valence-electron chi connectivity index (χ4n) is 2.73. The van der Waals surface area contributed by atoms with Gasteiger partial charge in [-0.1, -0.05) is 6.07 Å². The standard InChI is InChI=1S/C14H16FNO3/c1-7-9-5-8(13(17)11-3-2-4-19-11)6-10(15)12(9)16-14(7)18/h5-7,11,13,17H,2-4H2,1H3,(H,16,18). The molecule has 3 rings (SSSR count). The van der Waals surface area contributed by atoms with Crippen molar-refractivity contribution in [2.45, 2.75) is 37.9 Å². The molecule has 3 atom stereocenters. The molecule has 1 aromatic carbocycles. The Morgan fingerprint density at radius 3 is 3.00 bits per heavy atom. The number of benzene rings is 1. The van der Waals surface area contributed by atoms with Gasteiger partial charge < -0.3 is 15.2 Å². The van der Waals surface area contributed by atoms with Crippen LogP contribution >= 0.6 is 0 Å². The van der Waals surface area contributed by atoms with Gasteiger partial charge in [-0.15, -0.1) is 0 Å². The first kappa shape index (κ1) is 12.6. The molecule has 2 aliphatic rings. The van der Waals surface area contributed by atoms with E-state index < -0.39 is 11.9 Å². The zero-order valence-electron chi connectivity index (χ0n) is 10.6. The van der Waals surface area contributed by atoms with Crippen LogP contribution in [0.3, 0.4) is 0 Å². The second-order valence-corrected chi connectivity index (χ2v) is 5.17. The Morgan fingerprint density at radius 2 is 2.32 bits per heavy atom. The van der Waals surface area contributed by atoms with Gasteiger partial charge in [-0.25, -0.2) is 4.39 Å². The van der Waals surface area contributed by atoms with Crippen LogP contribution in [0, 0.1) is 5.82 Å². The van der Waals surface area contributed by atoms with Crippen LogP contribution in [-0.2, 0) is 9.53 Å². The molecule has 1 amide bonds. The molecule has 5 heteroatoms. The summed E-state index contributed by atoms with van der Waals surface area (Å²) in [5.74, 6) is -1.10. The molecule has 1 saturated heterocycles. The Bertz CT molecular complexity index is 526. The van der Waals surface area contributed by atoms with Crippen molar-refractivity contribution in [3.8, 4) is 0 Å². The second-order valence-electron chi connectivity index (χ2n) is 5.17. The molecule has 0 aliphatic carbocycles. The van der Waals surface area contributed by atoms with Crippen molar-refractivity contribution >= 4 is 11.6 Å². The lowest BCUT2D eigenvalue weighted by atomic mass is 9.95. The van der Waals surface area contributed by atoms with Crippen molar-refractivity contribution in [3.05, 3.63) is 29.1 Å². The Labute approximate surface area is 110 Å². The monoisotopic (exact) mass is 265 g/mol. The van der Waals surface area contributed by atoms with Crippen LogP contribution in [0.1, 0.15) is 42.9 Å². The fourth-order valence-corrected chi connectivity index (χ4v) is 2.73. The van der Waals surface area contributed by atoms with Gasteiger partial charge in [0.15, 0.2) is 0 Å². The molecule has 4 nitrogen and oxygen atoms in total. The van der Waals surface area contributed by atoms with Crippen LogP contribution in [0.25, 0.3) is 0 Å². The summed E-state index contributed by atoms with van der Waals surface area (Å²) in [6, 6.07) is 2.98. The highest BCUT2D eigenvalue weighted by atomic mass is 19.1. The molecule has 0 saturated carbocycles. The van der Waals surface area contributed by atoms with Gasteiger partial charge in [-0.05, 0) is 37.0 Å². The number of amides is 1. The van der Waals surface area contributed by atoms with E-state index in [1.54, 1.807) is 13.0 Å². The van der Waals surface area contributed by atoms with Crippen LogP contribution in [0.2, 0.25) is 0 Å². The molecule has 3 unspecified atom stereocenters. The lowest BCUT2D eigenvalue weighted by Gasteiger charge is -2.19. The number of fused-ring (bicyclic) bond motifs is 1. The number of hydrogen-bond donors (Lipinski definition) is 2. The van der Waals surface area contributed by atoms with E-state index in [4.69, 9.17) is 4.74 Å². The van der Waals surface area contributed by atoms with Crippen molar-refractivity contribution < 1.29 is 19.0 Å². The predicted octanol–water partition coefficient (Wildman–Crippen LogP) is 2.09. The largest absolute Gasteiger partial charge is 0.386 e. The fraction of sp³-hybridized carbons (Fsp3) is 0.500. The average Bonchev–Trinajstić information content (AvgIpc) is 3.00.